The first-order valence-corrected chi connectivity index (χ1v) is 8.50. The van der Waals surface area contributed by atoms with Gasteiger partial charge in [-0.2, -0.15) is 0 Å². The number of nitrogens with one attached hydrogen (secondary N) is 1. The van der Waals surface area contributed by atoms with E-state index in [9.17, 15) is 8.42 Å². The van der Waals surface area contributed by atoms with Gasteiger partial charge >= 0.3 is 0 Å². The molecule has 0 aliphatic heterocycles. The monoisotopic (exact) mass is 289 g/mol. The third-order valence-corrected chi connectivity index (χ3v) is 6.61. The highest BCUT2D eigenvalue weighted by atomic mass is 32.2. The van der Waals surface area contributed by atoms with E-state index in [1.165, 1.54) is 11.3 Å². The largest absolute Gasteiger partial charge is 0.396 e. The number of thiophene rings is 1. The van der Waals surface area contributed by atoms with Gasteiger partial charge in [-0.1, -0.05) is 6.92 Å². The number of hydrogen-bond donors (Lipinski definition) is 2. The van der Waals surface area contributed by atoms with Crippen LogP contribution in [-0.2, 0) is 16.4 Å². The molecule has 0 saturated heterocycles. The Hall–Kier alpha value is -0.430. The minimum Gasteiger partial charge on any atom is -0.396 e. The van der Waals surface area contributed by atoms with Crippen LogP contribution in [0.3, 0.4) is 0 Å². The van der Waals surface area contributed by atoms with Gasteiger partial charge < -0.3 is 5.11 Å². The Labute approximate surface area is 112 Å². The number of rotatable bonds is 7. The van der Waals surface area contributed by atoms with Gasteiger partial charge in [0.15, 0.2) is 0 Å². The smallest absolute Gasteiger partial charge is 0.250 e. The van der Waals surface area contributed by atoms with Crippen molar-refractivity contribution in [2.45, 2.75) is 36.8 Å². The van der Waals surface area contributed by atoms with Crippen molar-refractivity contribution < 1.29 is 13.5 Å². The van der Waals surface area contributed by atoms with Crippen molar-refractivity contribution >= 4 is 21.4 Å². The van der Waals surface area contributed by atoms with Crippen LogP contribution in [0, 0.1) is 5.41 Å². The van der Waals surface area contributed by atoms with Crippen molar-refractivity contribution in [3.63, 3.8) is 0 Å². The summed E-state index contributed by atoms with van der Waals surface area (Å²) in [5.41, 5.74) is 0.00661. The number of hydrogen-bond acceptors (Lipinski definition) is 4. The third-order valence-electron chi connectivity index (χ3n) is 3.49. The molecule has 0 unspecified atom stereocenters. The van der Waals surface area contributed by atoms with Crippen LogP contribution in [0.25, 0.3) is 0 Å². The molecule has 1 saturated carbocycles. The van der Waals surface area contributed by atoms with Gasteiger partial charge in [-0.05, 0) is 43.2 Å². The quantitative estimate of drug-likeness (QED) is 0.803. The molecule has 0 radical (unpaired) electrons. The molecular formula is C12H19NO3S2. The molecule has 1 heterocycles. The summed E-state index contributed by atoms with van der Waals surface area (Å²) >= 11 is 1.32. The molecule has 2 N–H and O–H groups in total. The Kier molecular flexibility index (Phi) is 4.11. The van der Waals surface area contributed by atoms with Crippen LogP contribution in [0.4, 0.5) is 0 Å². The summed E-state index contributed by atoms with van der Waals surface area (Å²) in [5, 5.41) is 8.95. The molecule has 6 heteroatoms. The maximum absolute atomic E-state index is 12.1. The van der Waals surface area contributed by atoms with Crippen molar-refractivity contribution in [1.82, 2.24) is 4.72 Å². The van der Waals surface area contributed by atoms with Gasteiger partial charge in [0.25, 0.3) is 0 Å². The molecule has 1 aliphatic rings. The van der Waals surface area contributed by atoms with Gasteiger partial charge in [-0.15, -0.1) is 11.3 Å². The Morgan fingerprint density at radius 2 is 2.17 bits per heavy atom. The summed E-state index contributed by atoms with van der Waals surface area (Å²) in [7, 11) is -3.37. The predicted molar refractivity (Wildman–Crippen MR) is 72.3 cm³/mol. The fourth-order valence-corrected chi connectivity index (χ4v) is 4.44. The highest BCUT2D eigenvalue weighted by molar-refractivity contribution is 7.91. The highest BCUT2D eigenvalue weighted by Crippen LogP contribution is 2.48. The van der Waals surface area contributed by atoms with Crippen molar-refractivity contribution in [3.05, 3.63) is 17.0 Å². The summed E-state index contributed by atoms with van der Waals surface area (Å²) in [6.07, 6.45) is 3.54. The Morgan fingerprint density at radius 1 is 1.44 bits per heavy atom. The van der Waals surface area contributed by atoms with E-state index in [2.05, 4.69) is 4.72 Å². The molecule has 0 bridgehead atoms. The van der Waals surface area contributed by atoms with Gasteiger partial charge in [-0.25, -0.2) is 13.1 Å². The minimum atomic E-state index is -3.37. The summed E-state index contributed by atoms with van der Waals surface area (Å²) in [5.74, 6) is 0. The van der Waals surface area contributed by atoms with Crippen LogP contribution in [0.15, 0.2) is 16.3 Å². The van der Waals surface area contributed by atoms with Gasteiger partial charge in [0.2, 0.25) is 10.0 Å². The van der Waals surface area contributed by atoms with E-state index in [1.54, 1.807) is 6.07 Å². The van der Waals surface area contributed by atoms with Crippen LogP contribution < -0.4 is 4.72 Å². The molecule has 18 heavy (non-hydrogen) atoms. The van der Waals surface area contributed by atoms with E-state index in [0.717, 1.165) is 24.1 Å². The zero-order valence-electron chi connectivity index (χ0n) is 10.5. The molecule has 1 aliphatic carbocycles. The summed E-state index contributed by atoms with van der Waals surface area (Å²) in [6.45, 7) is 2.58. The highest BCUT2D eigenvalue weighted by Gasteiger charge is 2.42. The molecule has 1 aromatic rings. The number of aliphatic hydroxyl groups excluding tert-OH is 1. The standard InChI is InChI=1S/C12H19NO3S2/c1-2-10-3-4-11(17-10)18(15,16)13-9-12(5-6-12)7-8-14/h3-4,13-14H,2,5-9H2,1H3. The molecule has 0 spiro atoms. The maximum atomic E-state index is 12.1. The fraction of sp³-hybridized carbons (Fsp3) is 0.667. The van der Waals surface area contributed by atoms with E-state index < -0.39 is 10.0 Å². The summed E-state index contributed by atoms with van der Waals surface area (Å²) in [6, 6.07) is 3.53. The molecule has 1 fully saturated rings. The Bertz CT molecular complexity index is 503. The average molecular weight is 289 g/mol. The summed E-state index contributed by atoms with van der Waals surface area (Å²) < 4.78 is 27.2. The maximum Gasteiger partial charge on any atom is 0.250 e. The molecule has 102 valence electrons. The first-order chi connectivity index (χ1) is 8.51. The second-order valence-electron chi connectivity index (χ2n) is 4.87. The van der Waals surface area contributed by atoms with Gasteiger partial charge in [0, 0.05) is 18.0 Å². The number of aliphatic hydroxyl groups is 1. The van der Waals surface area contributed by atoms with Gasteiger partial charge in [0.05, 0.1) is 0 Å². The van der Waals surface area contributed by atoms with Crippen LogP contribution in [-0.4, -0.2) is 26.7 Å². The molecule has 4 nitrogen and oxygen atoms in total. The topological polar surface area (TPSA) is 66.4 Å². The van der Waals surface area contributed by atoms with E-state index >= 15 is 0 Å². The normalized spacial score (nSPS) is 17.9. The number of aryl methyl sites for hydroxylation is 1. The molecule has 0 atom stereocenters. The van der Waals surface area contributed by atoms with Crippen molar-refractivity contribution in [2.75, 3.05) is 13.2 Å². The van der Waals surface area contributed by atoms with Gasteiger partial charge in [0.1, 0.15) is 4.21 Å². The molecule has 2 rings (SSSR count). The molecule has 1 aromatic heterocycles. The molecular weight excluding hydrogens is 270 g/mol. The van der Waals surface area contributed by atoms with Gasteiger partial charge in [-0.3, -0.25) is 0 Å². The zero-order chi connectivity index (χ0) is 13.2. The second-order valence-corrected chi connectivity index (χ2v) is 8.03. The average Bonchev–Trinajstić information content (AvgIpc) is 2.93. The van der Waals surface area contributed by atoms with Crippen LogP contribution in [0.2, 0.25) is 0 Å². The van der Waals surface area contributed by atoms with Crippen molar-refractivity contribution in [2.24, 2.45) is 5.41 Å². The lowest BCUT2D eigenvalue weighted by Gasteiger charge is -2.13. The van der Waals surface area contributed by atoms with E-state index in [1.807, 2.05) is 13.0 Å². The Morgan fingerprint density at radius 3 is 2.67 bits per heavy atom. The molecule has 0 amide bonds. The summed E-state index contributed by atoms with van der Waals surface area (Å²) in [4.78, 5) is 1.08. The molecule has 0 aromatic carbocycles. The van der Waals surface area contributed by atoms with E-state index in [4.69, 9.17) is 5.11 Å². The van der Waals surface area contributed by atoms with Crippen molar-refractivity contribution in [3.8, 4) is 0 Å². The Balaban J connectivity index is 1.99. The zero-order valence-corrected chi connectivity index (χ0v) is 12.1. The first-order valence-electron chi connectivity index (χ1n) is 6.21. The second kappa shape index (κ2) is 5.28. The lowest BCUT2D eigenvalue weighted by Crippen LogP contribution is -2.30. The minimum absolute atomic E-state index is 0.00661. The van der Waals surface area contributed by atoms with E-state index in [0.29, 0.717) is 17.2 Å². The lowest BCUT2D eigenvalue weighted by atomic mass is 10.0. The lowest BCUT2D eigenvalue weighted by molar-refractivity contribution is 0.249. The van der Waals surface area contributed by atoms with Crippen molar-refractivity contribution in [1.29, 1.82) is 0 Å². The third kappa shape index (κ3) is 3.12. The van der Waals surface area contributed by atoms with Crippen LogP contribution >= 0.6 is 11.3 Å². The van der Waals surface area contributed by atoms with E-state index in [-0.39, 0.29) is 12.0 Å². The fourth-order valence-electron chi connectivity index (χ4n) is 1.94. The SMILES string of the molecule is CCc1ccc(S(=O)(=O)NCC2(CCO)CC2)s1. The first kappa shape index (κ1) is 14.0. The van der Waals surface area contributed by atoms with Crippen LogP contribution in [0.5, 0.6) is 0 Å². The van der Waals surface area contributed by atoms with Crippen LogP contribution in [0.1, 0.15) is 31.1 Å². The predicted octanol–water partition coefficient (Wildman–Crippen LogP) is 1.75. The number of sulfonamides is 1.